The molecule has 0 radical (unpaired) electrons. The Morgan fingerprint density at radius 3 is 3.00 bits per heavy atom. The van der Waals surface area contributed by atoms with E-state index in [1.165, 1.54) is 11.3 Å². The van der Waals surface area contributed by atoms with Gasteiger partial charge in [0, 0.05) is 47.8 Å². The van der Waals surface area contributed by atoms with Crippen molar-refractivity contribution in [2.75, 3.05) is 6.54 Å². The Morgan fingerprint density at radius 2 is 2.32 bits per heavy atom. The molecule has 1 amide bonds. The van der Waals surface area contributed by atoms with Crippen molar-refractivity contribution >= 4 is 17.2 Å². The third-order valence-corrected chi connectivity index (χ3v) is 4.49. The molecule has 2 N–H and O–H groups in total. The van der Waals surface area contributed by atoms with Crippen molar-refractivity contribution in [1.82, 2.24) is 15.5 Å². The van der Waals surface area contributed by atoms with E-state index in [1.807, 2.05) is 11.4 Å². The number of nitrogens with zero attached hydrogens (tertiary/aromatic N) is 3. The molecule has 1 aliphatic heterocycles. The number of carbonyl (C=O) groups is 1. The van der Waals surface area contributed by atoms with Crippen LogP contribution in [0.3, 0.4) is 0 Å². The average molecular weight is 313 g/mol. The molecule has 0 unspecified atom stereocenters. The second-order valence-electron chi connectivity index (χ2n) is 5.08. The van der Waals surface area contributed by atoms with E-state index >= 15 is 0 Å². The molecule has 7 heteroatoms. The number of H-pyrrole nitrogens is 1. The largest absolute Gasteiger partial charge is 0.352 e. The first-order valence-electron chi connectivity index (χ1n) is 6.96. The second-order valence-corrected chi connectivity index (χ2v) is 5.99. The molecule has 0 spiro atoms. The number of carbonyl (C=O) groups excluding carboxylic acids is 1. The van der Waals surface area contributed by atoms with E-state index in [0.717, 1.165) is 16.9 Å². The summed E-state index contributed by atoms with van der Waals surface area (Å²) in [7, 11) is 0. The topological polar surface area (TPSA) is 82.5 Å². The summed E-state index contributed by atoms with van der Waals surface area (Å²) in [5.74, 6) is 2.51. The highest BCUT2D eigenvalue weighted by Gasteiger charge is 2.38. The molecule has 0 aromatic carbocycles. The van der Waals surface area contributed by atoms with Crippen LogP contribution in [0.25, 0.3) is 10.4 Å². The highest BCUT2D eigenvalue weighted by Crippen LogP contribution is 2.36. The highest BCUT2D eigenvalue weighted by atomic mass is 32.1. The van der Waals surface area contributed by atoms with Crippen LogP contribution in [0.1, 0.15) is 29.6 Å². The van der Waals surface area contributed by atoms with Crippen LogP contribution in [0.5, 0.6) is 0 Å². The molecule has 1 aliphatic rings. The van der Waals surface area contributed by atoms with Gasteiger partial charge in [0.1, 0.15) is 0 Å². The monoisotopic (exact) mass is 313 g/mol. The van der Waals surface area contributed by atoms with Gasteiger partial charge in [0.2, 0.25) is 0 Å². The van der Waals surface area contributed by atoms with Gasteiger partial charge in [0.25, 0.3) is 5.91 Å². The SMILES string of the molecule is C#CCCC1(CCNC(=O)c2csc(-c3cn[nH]c3)c2)N=N1. The minimum Gasteiger partial charge on any atom is -0.352 e. The predicted molar refractivity (Wildman–Crippen MR) is 84.5 cm³/mol. The van der Waals surface area contributed by atoms with Gasteiger partial charge in [0.15, 0.2) is 5.66 Å². The quantitative estimate of drug-likeness (QED) is 0.771. The summed E-state index contributed by atoms with van der Waals surface area (Å²) < 4.78 is 0. The van der Waals surface area contributed by atoms with Crippen molar-refractivity contribution in [3.05, 3.63) is 29.4 Å². The first kappa shape index (κ1) is 14.5. The van der Waals surface area contributed by atoms with Gasteiger partial charge in [0.05, 0.1) is 11.8 Å². The zero-order valence-electron chi connectivity index (χ0n) is 11.9. The van der Waals surface area contributed by atoms with E-state index in [-0.39, 0.29) is 11.6 Å². The third kappa shape index (κ3) is 3.23. The van der Waals surface area contributed by atoms with Crippen LogP contribution in [0.4, 0.5) is 0 Å². The van der Waals surface area contributed by atoms with Crippen molar-refractivity contribution in [1.29, 1.82) is 0 Å². The van der Waals surface area contributed by atoms with E-state index in [9.17, 15) is 4.79 Å². The van der Waals surface area contributed by atoms with Gasteiger partial charge in [-0.05, 0) is 6.07 Å². The van der Waals surface area contributed by atoms with Crippen molar-refractivity contribution in [3.8, 4) is 22.8 Å². The second kappa shape index (κ2) is 6.12. The standard InChI is InChI=1S/C15H15N5OS/c1-2-3-4-15(19-20-15)5-6-16-14(21)11-7-13(22-10-11)12-8-17-18-9-12/h1,7-10H,3-6H2,(H,16,21)(H,17,18). The van der Waals surface area contributed by atoms with Crippen molar-refractivity contribution in [3.63, 3.8) is 0 Å². The molecule has 2 aromatic heterocycles. The lowest BCUT2D eigenvalue weighted by atomic mass is 10.0. The van der Waals surface area contributed by atoms with Crippen LogP contribution < -0.4 is 5.32 Å². The van der Waals surface area contributed by atoms with E-state index < -0.39 is 0 Å². The number of rotatable bonds is 7. The lowest BCUT2D eigenvalue weighted by Gasteiger charge is -2.09. The normalized spacial score (nSPS) is 14.5. The molecular weight excluding hydrogens is 298 g/mol. The molecule has 0 saturated heterocycles. The maximum atomic E-state index is 12.1. The molecule has 22 heavy (non-hydrogen) atoms. The number of amides is 1. The molecule has 6 nitrogen and oxygen atoms in total. The van der Waals surface area contributed by atoms with Gasteiger partial charge in [-0.25, -0.2) is 0 Å². The molecule has 0 aliphatic carbocycles. The minimum atomic E-state index is -0.351. The predicted octanol–water partition coefficient (Wildman–Crippen LogP) is 2.83. The molecule has 0 atom stereocenters. The molecule has 0 saturated carbocycles. The van der Waals surface area contributed by atoms with Gasteiger partial charge in [-0.2, -0.15) is 15.3 Å². The summed E-state index contributed by atoms with van der Waals surface area (Å²) in [5.41, 5.74) is 1.28. The Bertz CT molecular complexity index is 719. The lowest BCUT2D eigenvalue weighted by Crippen LogP contribution is -2.28. The number of terminal acetylenes is 1. The van der Waals surface area contributed by atoms with Gasteiger partial charge in [-0.15, -0.1) is 23.7 Å². The number of hydrogen-bond acceptors (Lipinski definition) is 5. The number of nitrogens with one attached hydrogen (secondary N) is 2. The van der Waals surface area contributed by atoms with Crippen LogP contribution >= 0.6 is 11.3 Å². The van der Waals surface area contributed by atoms with Crippen molar-refractivity contribution < 1.29 is 4.79 Å². The molecule has 112 valence electrons. The smallest absolute Gasteiger partial charge is 0.252 e. The van der Waals surface area contributed by atoms with Crippen LogP contribution in [0.15, 0.2) is 34.1 Å². The van der Waals surface area contributed by atoms with Crippen molar-refractivity contribution in [2.45, 2.75) is 24.9 Å². The van der Waals surface area contributed by atoms with Crippen LogP contribution in [-0.2, 0) is 0 Å². The van der Waals surface area contributed by atoms with E-state index in [0.29, 0.717) is 24.9 Å². The van der Waals surface area contributed by atoms with Crippen molar-refractivity contribution in [2.24, 2.45) is 10.2 Å². The van der Waals surface area contributed by atoms with Crippen LogP contribution in [-0.4, -0.2) is 28.3 Å². The summed E-state index contributed by atoms with van der Waals surface area (Å²) in [6.07, 6.45) is 10.9. The van der Waals surface area contributed by atoms with Gasteiger partial charge in [-0.1, -0.05) is 0 Å². The number of aromatic amines is 1. The van der Waals surface area contributed by atoms with E-state index in [1.54, 1.807) is 12.4 Å². The Balaban J connectivity index is 1.50. The van der Waals surface area contributed by atoms with Gasteiger partial charge >= 0.3 is 0 Å². The molecular formula is C15H15N5OS. The maximum Gasteiger partial charge on any atom is 0.252 e. The fourth-order valence-corrected chi connectivity index (χ4v) is 3.01. The molecule has 0 bridgehead atoms. The Labute approximate surface area is 132 Å². The number of thiophene rings is 1. The van der Waals surface area contributed by atoms with Gasteiger partial charge < -0.3 is 5.32 Å². The third-order valence-electron chi connectivity index (χ3n) is 3.51. The first-order valence-corrected chi connectivity index (χ1v) is 7.84. The zero-order chi connectivity index (χ0) is 15.4. The fraction of sp³-hybridized carbons (Fsp3) is 0.333. The zero-order valence-corrected chi connectivity index (χ0v) is 12.7. The molecule has 3 rings (SSSR count). The lowest BCUT2D eigenvalue weighted by molar-refractivity contribution is 0.0952. The number of hydrogen-bond donors (Lipinski definition) is 2. The van der Waals surface area contributed by atoms with E-state index in [4.69, 9.17) is 6.42 Å². The Hall–Kier alpha value is -2.46. The van der Waals surface area contributed by atoms with E-state index in [2.05, 4.69) is 31.7 Å². The first-order chi connectivity index (χ1) is 10.7. The highest BCUT2D eigenvalue weighted by molar-refractivity contribution is 7.13. The summed E-state index contributed by atoms with van der Waals surface area (Å²) in [5, 5.41) is 19.5. The Kier molecular flexibility index (Phi) is 4.02. The summed E-state index contributed by atoms with van der Waals surface area (Å²) in [4.78, 5) is 13.1. The van der Waals surface area contributed by atoms with Gasteiger partial charge in [-0.3, -0.25) is 9.89 Å². The maximum absolute atomic E-state index is 12.1. The summed E-state index contributed by atoms with van der Waals surface area (Å²) in [6.45, 7) is 0.535. The number of aromatic nitrogens is 2. The van der Waals surface area contributed by atoms with Crippen LogP contribution in [0, 0.1) is 12.3 Å². The summed E-state index contributed by atoms with van der Waals surface area (Å²) >= 11 is 1.52. The molecule has 3 heterocycles. The summed E-state index contributed by atoms with van der Waals surface area (Å²) in [6, 6.07) is 1.87. The minimum absolute atomic E-state index is 0.0845. The average Bonchev–Trinajstić information content (AvgIpc) is 2.98. The Morgan fingerprint density at radius 1 is 1.45 bits per heavy atom. The fourth-order valence-electron chi connectivity index (χ4n) is 2.14. The van der Waals surface area contributed by atoms with Crippen LogP contribution in [0.2, 0.25) is 0 Å². The molecule has 0 fully saturated rings. The molecule has 2 aromatic rings.